The van der Waals surface area contributed by atoms with Crippen LogP contribution in [0.5, 0.6) is 0 Å². The Labute approximate surface area is 148 Å². The molecule has 0 saturated carbocycles. The van der Waals surface area contributed by atoms with Gasteiger partial charge in [-0.15, -0.1) is 0 Å². The van der Waals surface area contributed by atoms with Gasteiger partial charge in [0.25, 0.3) is 5.91 Å². The fraction of sp³-hybridized carbons (Fsp3) is 0.667. The van der Waals surface area contributed by atoms with Gasteiger partial charge in [0.1, 0.15) is 11.3 Å². The molecule has 2 amide bonds. The van der Waals surface area contributed by atoms with E-state index in [0.29, 0.717) is 44.3 Å². The number of rotatable bonds is 6. The number of nitrogens with zero attached hydrogens (tertiary/aromatic N) is 3. The number of nitrogens with one attached hydrogen (secondary N) is 1. The minimum absolute atomic E-state index is 0.146. The second-order valence-corrected chi connectivity index (χ2v) is 7.05. The van der Waals surface area contributed by atoms with Crippen molar-refractivity contribution in [2.45, 2.75) is 44.6 Å². The summed E-state index contributed by atoms with van der Waals surface area (Å²) in [6, 6.07) is 0. The number of hydrogen-bond acceptors (Lipinski definition) is 5. The Balaban J connectivity index is 1.37. The Kier molecular flexibility index (Phi) is 5.63. The number of unbranched alkanes of at least 4 members (excludes halogenated alkanes) is 1. The van der Waals surface area contributed by atoms with Crippen LogP contribution in [0.1, 0.15) is 49.5 Å². The van der Waals surface area contributed by atoms with Crippen molar-refractivity contribution >= 4 is 11.8 Å². The molecule has 7 heteroatoms. The van der Waals surface area contributed by atoms with Crippen molar-refractivity contribution in [3.8, 4) is 0 Å². The molecule has 1 atom stereocenters. The minimum Gasteiger partial charge on any atom is -0.371 e. The van der Waals surface area contributed by atoms with Gasteiger partial charge in [0.15, 0.2) is 0 Å². The van der Waals surface area contributed by atoms with Crippen molar-refractivity contribution in [3.05, 3.63) is 24.3 Å². The number of amides is 2. The molecule has 2 fully saturated rings. The monoisotopic (exact) mass is 346 g/mol. The number of hydrogen-bond donors (Lipinski definition) is 1. The Morgan fingerprint density at radius 1 is 1.40 bits per heavy atom. The molecule has 1 aromatic heterocycles. The van der Waals surface area contributed by atoms with E-state index in [0.717, 1.165) is 25.7 Å². The zero-order valence-electron chi connectivity index (χ0n) is 14.7. The molecule has 1 unspecified atom stereocenters. The van der Waals surface area contributed by atoms with Crippen molar-refractivity contribution in [2.75, 3.05) is 26.2 Å². The standard InChI is InChI=1S/C18H26N4O3/c1-2-3-4-16(23)22-12-18(13-22)6-5-14(11-25-18)9-21-17(24)15-10-19-7-8-20-15/h7-8,10,14H,2-6,9,11-13H2,1H3,(H,21,24). The molecule has 2 saturated heterocycles. The highest BCUT2D eigenvalue weighted by Crippen LogP contribution is 2.36. The van der Waals surface area contributed by atoms with Gasteiger partial charge in [-0.25, -0.2) is 4.98 Å². The Morgan fingerprint density at radius 2 is 2.24 bits per heavy atom. The third kappa shape index (κ3) is 4.34. The second-order valence-electron chi connectivity index (χ2n) is 7.05. The summed E-state index contributed by atoms with van der Waals surface area (Å²) < 4.78 is 6.06. The second kappa shape index (κ2) is 7.91. The summed E-state index contributed by atoms with van der Waals surface area (Å²) in [4.78, 5) is 33.8. The summed E-state index contributed by atoms with van der Waals surface area (Å²) in [6.07, 6.45) is 9.09. The third-order valence-corrected chi connectivity index (χ3v) is 5.04. The molecule has 3 rings (SSSR count). The molecule has 3 heterocycles. The lowest BCUT2D eigenvalue weighted by atomic mass is 9.82. The van der Waals surface area contributed by atoms with Crippen LogP contribution in [0.2, 0.25) is 0 Å². The number of likely N-dealkylation sites (tertiary alicyclic amines) is 1. The third-order valence-electron chi connectivity index (χ3n) is 5.04. The number of ether oxygens (including phenoxy) is 1. The fourth-order valence-corrected chi connectivity index (χ4v) is 3.38. The lowest BCUT2D eigenvalue weighted by Gasteiger charge is -2.52. The topological polar surface area (TPSA) is 84.4 Å². The average molecular weight is 346 g/mol. The van der Waals surface area contributed by atoms with Gasteiger partial charge in [-0.05, 0) is 25.2 Å². The number of carbonyl (C=O) groups is 2. The zero-order chi connectivity index (χ0) is 17.7. The molecule has 1 aromatic rings. The van der Waals surface area contributed by atoms with E-state index in [9.17, 15) is 9.59 Å². The first kappa shape index (κ1) is 17.8. The first-order valence-electron chi connectivity index (χ1n) is 9.08. The largest absolute Gasteiger partial charge is 0.371 e. The van der Waals surface area contributed by atoms with E-state index in [1.807, 2.05) is 4.90 Å². The summed E-state index contributed by atoms with van der Waals surface area (Å²) in [5, 5.41) is 2.90. The van der Waals surface area contributed by atoms with Crippen LogP contribution in [0.15, 0.2) is 18.6 Å². The van der Waals surface area contributed by atoms with E-state index in [1.54, 1.807) is 6.20 Å². The Morgan fingerprint density at radius 3 is 2.88 bits per heavy atom. The molecule has 0 aromatic carbocycles. The van der Waals surface area contributed by atoms with Gasteiger partial charge in [0.2, 0.25) is 5.91 Å². The van der Waals surface area contributed by atoms with Crippen LogP contribution in [0, 0.1) is 5.92 Å². The van der Waals surface area contributed by atoms with Gasteiger partial charge < -0.3 is 15.0 Å². The minimum atomic E-state index is -0.204. The van der Waals surface area contributed by atoms with Gasteiger partial charge in [0.05, 0.1) is 25.9 Å². The van der Waals surface area contributed by atoms with E-state index in [-0.39, 0.29) is 17.4 Å². The number of carbonyl (C=O) groups excluding carboxylic acids is 2. The maximum absolute atomic E-state index is 12.0. The molecular weight excluding hydrogens is 320 g/mol. The van der Waals surface area contributed by atoms with Crippen LogP contribution in [0.3, 0.4) is 0 Å². The van der Waals surface area contributed by atoms with Crippen molar-refractivity contribution in [2.24, 2.45) is 5.92 Å². The van der Waals surface area contributed by atoms with Gasteiger partial charge in [-0.2, -0.15) is 0 Å². The van der Waals surface area contributed by atoms with E-state index < -0.39 is 0 Å². The first-order chi connectivity index (χ1) is 12.1. The maximum Gasteiger partial charge on any atom is 0.271 e. The van der Waals surface area contributed by atoms with E-state index >= 15 is 0 Å². The molecule has 0 radical (unpaired) electrons. The van der Waals surface area contributed by atoms with Crippen molar-refractivity contribution in [1.29, 1.82) is 0 Å². The van der Waals surface area contributed by atoms with Gasteiger partial charge in [-0.3, -0.25) is 14.6 Å². The lowest BCUT2D eigenvalue weighted by Crippen LogP contribution is -2.66. The Hall–Kier alpha value is -2.02. The molecule has 0 bridgehead atoms. The molecular formula is C18H26N4O3. The zero-order valence-corrected chi connectivity index (χ0v) is 14.7. The van der Waals surface area contributed by atoms with Crippen molar-refractivity contribution in [1.82, 2.24) is 20.2 Å². The highest BCUT2D eigenvalue weighted by atomic mass is 16.5. The first-order valence-corrected chi connectivity index (χ1v) is 9.08. The molecule has 1 spiro atoms. The predicted molar refractivity (Wildman–Crippen MR) is 91.9 cm³/mol. The molecule has 136 valence electrons. The van der Waals surface area contributed by atoms with Crippen LogP contribution < -0.4 is 5.32 Å². The molecule has 2 aliphatic heterocycles. The molecule has 25 heavy (non-hydrogen) atoms. The highest BCUT2D eigenvalue weighted by Gasteiger charge is 2.48. The van der Waals surface area contributed by atoms with Crippen LogP contribution in [0.25, 0.3) is 0 Å². The molecule has 2 aliphatic rings. The van der Waals surface area contributed by atoms with Crippen LogP contribution in [-0.4, -0.2) is 58.5 Å². The van der Waals surface area contributed by atoms with Crippen molar-refractivity contribution < 1.29 is 14.3 Å². The normalized spacial score (nSPS) is 21.6. The summed E-state index contributed by atoms with van der Waals surface area (Å²) in [7, 11) is 0. The van der Waals surface area contributed by atoms with E-state index in [2.05, 4.69) is 22.2 Å². The van der Waals surface area contributed by atoms with Crippen LogP contribution in [0.4, 0.5) is 0 Å². The highest BCUT2D eigenvalue weighted by molar-refractivity contribution is 5.91. The van der Waals surface area contributed by atoms with E-state index in [4.69, 9.17) is 4.74 Å². The Bertz CT molecular complexity index is 592. The fourth-order valence-electron chi connectivity index (χ4n) is 3.38. The number of aromatic nitrogens is 2. The predicted octanol–water partition coefficient (Wildman–Crippen LogP) is 1.40. The summed E-state index contributed by atoms with van der Waals surface area (Å²) >= 11 is 0. The van der Waals surface area contributed by atoms with Crippen molar-refractivity contribution in [3.63, 3.8) is 0 Å². The molecule has 1 N–H and O–H groups in total. The summed E-state index contributed by atoms with van der Waals surface area (Å²) in [6.45, 7) is 4.73. The van der Waals surface area contributed by atoms with Gasteiger partial charge in [-0.1, -0.05) is 13.3 Å². The van der Waals surface area contributed by atoms with Gasteiger partial charge >= 0.3 is 0 Å². The van der Waals surface area contributed by atoms with E-state index in [1.165, 1.54) is 12.4 Å². The smallest absolute Gasteiger partial charge is 0.271 e. The molecule has 0 aliphatic carbocycles. The molecule has 7 nitrogen and oxygen atoms in total. The maximum atomic E-state index is 12.0. The van der Waals surface area contributed by atoms with Gasteiger partial charge in [0, 0.05) is 25.4 Å². The van der Waals surface area contributed by atoms with Crippen LogP contribution >= 0.6 is 0 Å². The average Bonchev–Trinajstić information content (AvgIpc) is 2.63. The summed E-state index contributed by atoms with van der Waals surface area (Å²) in [5.41, 5.74) is 0.184. The lowest BCUT2D eigenvalue weighted by molar-refractivity contribution is -0.188. The SMILES string of the molecule is CCCCC(=O)N1CC2(CCC(CNC(=O)c3cnccn3)CO2)C1. The quantitative estimate of drug-likeness (QED) is 0.842. The van der Waals surface area contributed by atoms with Crippen LogP contribution in [-0.2, 0) is 9.53 Å². The summed E-state index contributed by atoms with van der Waals surface area (Å²) in [5.74, 6) is 0.343.